The average Bonchev–Trinajstić information content (AvgIpc) is 3.63. The average molecular weight is 484 g/mol. The van der Waals surface area contributed by atoms with Crippen molar-refractivity contribution in [3.05, 3.63) is 59.7 Å². The maximum Gasteiger partial charge on any atom is 0.264 e. The molecule has 2 saturated heterocycles. The van der Waals surface area contributed by atoms with E-state index in [1.807, 2.05) is 30.1 Å². The molecule has 2 fully saturated rings. The number of fused-ring (bicyclic) bond motifs is 1. The van der Waals surface area contributed by atoms with Crippen molar-refractivity contribution in [2.45, 2.75) is 49.1 Å². The normalized spacial score (nSPS) is 21.9. The van der Waals surface area contributed by atoms with Gasteiger partial charge in [0.1, 0.15) is 5.75 Å². The standard InChI is InChI=1S/C26H33N3O4S/c1-27(23(19-28-13-5-6-14-28)20-9-3-2-4-10-20)26(30)25-18-21-17-22(11-12-24(21)33-25)34(31,32)29-15-7-8-16-29/h2-4,9-12,17,23,25H,5-8,13-16,18-19H2,1H3/t23?,25-/m0/s1. The van der Waals surface area contributed by atoms with E-state index >= 15 is 0 Å². The Labute approximate surface area is 202 Å². The van der Waals surface area contributed by atoms with Crippen LogP contribution in [0, 0.1) is 0 Å². The lowest BCUT2D eigenvalue weighted by Gasteiger charge is -2.33. The molecule has 7 nitrogen and oxygen atoms in total. The molecule has 5 rings (SSSR count). The molecule has 3 aliphatic rings. The van der Waals surface area contributed by atoms with Crippen LogP contribution in [-0.4, -0.2) is 74.3 Å². The fraction of sp³-hybridized carbons (Fsp3) is 0.500. The van der Waals surface area contributed by atoms with Gasteiger partial charge in [-0.3, -0.25) is 4.79 Å². The van der Waals surface area contributed by atoms with Gasteiger partial charge in [0.05, 0.1) is 10.9 Å². The summed E-state index contributed by atoms with van der Waals surface area (Å²) in [5, 5.41) is 0. The summed E-state index contributed by atoms with van der Waals surface area (Å²) in [5.41, 5.74) is 1.89. The molecule has 0 bridgehead atoms. The molecule has 0 aliphatic carbocycles. The number of likely N-dealkylation sites (tertiary alicyclic amines) is 1. The van der Waals surface area contributed by atoms with Gasteiger partial charge in [0.2, 0.25) is 10.0 Å². The van der Waals surface area contributed by atoms with Crippen LogP contribution < -0.4 is 4.74 Å². The molecular weight excluding hydrogens is 450 g/mol. The maximum absolute atomic E-state index is 13.5. The van der Waals surface area contributed by atoms with Crippen molar-refractivity contribution in [1.82, 2.24) is 14.1 Å². The first-order chi connectivity index (χ1) is 16.4. The Kier molecular flexibility index (Phi) is 6.64. The van der Waals surface area contributed by atoms with Crippen LogP contribution in [0.1, 0.15) is 42.9 Å². The number of hydrogen-bond donors (Lipinski definition) is 0. The molecule has 8 heteroatoms. The minimum absolute atomic E-state index is 0.0646. The third-order valence-corrected chi connectivity index (χ3v) is 9.21. The molecular formula is C26H33N3O4S. The zero-order valence-corrected chi connectivity index (χ0v) is 20.5. The lowest BCUT2D eigenvalue weighted by molar-refractivity contribution is -0.139. The van der Waals surface area contributed by atoms with Gasteiger partial charge in [-0.15, -0.1) is 0 Å². The quantitative estimate of drug-likeness (QED) is 0.605. The highest BCUT2D eigenvalue weighted by atomic mass is 32.2. The Bertz CT molecular complexity index is 1130. The molecule has 0 saturated carbocycles. The predicted molar refractivity (Wildman–Crippen MR) is 130 cm³/mol. The number of sulfonamides is 1. The zero-order chi connectivity index (χ0) is 23.7. The van der Waals surface area contributed by atoms with Gasteiger partial charge in [-0.05, 0) is 68.1 Å². The second-order valence-electron chi connectivity index (χ2n) is 9.57. The van der Waals surface area contributed by atoms with E-state index in [0.29, 0.717) is 25.3 Å². The summed E-state index contributed by atoms with van der Waals surface area (Å²) < 4.78 is 33.5. The van der Waals surface area contributed by atoms with Gasteiger partial charge in [-0.2, -0.15) is 4.31 Å². The summed E-state index contributed by atoms with van der Waals surface area (Å²) in [5.74, 6) is 0.524. The van der Waals surface area contributed by atoms with E-state index in [0.717, 1.165) is 43.6 Å². The maximum atomic E-state index is 13.5. The highest BCUT2D eigenvalue weighted by Crippen LogP contribution is 2.34. The van der Waals surface area contributed by atoms with Crippen LogP contribution in [-0.2, 0) is 21.2 Å². The molecule has 2 atom stereocenters. The van der Waals surface area contributed by atoms with Crippen LogP contribution in [0.25, 0.3) is 0 Å². The molecule has 3 aliphatic heterocycles. The van der Waals surface area contributed by atoms with Crippen LogP contribution >= 0.6 is 0 Å². The first-order valence-electron chi connectivity index (χ1n) is 12.3. The van der Waals surface area contributed by atoms with E-state index < -0.39 is 16.1 Å². The summed E-state index contributed by atoms with van der Waals surface area (Å²) in [6, 6.07) is 15.1. The molecule has 182 valence electrons. The highest BCUT2D eigenvalue weighted by molar-refractivity contribution is 7.89. The lowest BCUT2D eigenvalue weighted by atomic mass is 10.0. The number of nitrogens with zero attached hydrogens (tertiary/aromatic N) is 3. The topological polar surface area (TPSA) is 70.2 Å². The van der Waals surface area contributed by atoms with Crippen molar-refractivity contribution >= 4 is 15.9 Å². The minimum atomic E-state index is -3.50. The van der Waals surface area contributed by atoms with Crippen LogP contribution in [0.2, 0.25) is 0 Å². The van der Waals surface area contributed by atoms with Gasteiger partial charge in [0, 0.05) is 33.1 Å². The van der Waals surface area contributed by atoms with Crippen LogP contribution in [0.4, 0.5) is 0 Å². The number of carbonyl (C=O) groups excluding carboxylic acids is 1. The van der Waals surface area contributed by atoms with Gasteiger partial charge < -0.3 is 14.5 Å². The molecule has 2 aromatic rings. The number of carbonyl (C=O) groups is 1. The molecule has 0 radical (unpaired) electrons. The third kappa shape index (κ3) is 4.59. The van der Waals surface area contributed by atoms with Gasteiger partial charge in [0.15, 0.2) is 6.10 Å². The molecule has 0 spiro atoms. The summed E-state index contributed by atoms with van der Waals surface area (Å²) in [6.07, 6.45) is 3.93. The molecule has 1 unspecified atom stereocenters. The first-order valence-corrected chi connectivity index (χ1v) is 13.7. The summed E-state index contributed by atoms with van der Waals surface area (Å²) in [7, 11) is -1.65. The molecule has 3 heterocycles. The Morgan fingerprint density at radius 2 is 1.71 bits per heavy atom. The third-order valence-electron chi connectivity index (χ3n) is 7.31. The minimum Gasteiger partial charge on any atom is -0.480 e. The van der Waals surface area contributed by atoms with E-state index in [4.69, 9.17) is 4.74 Å². The van der Waals surface area contributed by atoms with E-state index in [9.17, 15) is 13.2 Å². The SMILES string of the molecule is CN(C(=O)[C@@H]1Cc2cc(S(=O)(=O)N3CCCC3)ccc2O1)C(CN1CCCC1)c1ccccc1. The van der Waals surface area contributed by atoms with Crippen LogP contribution in [0.5, 0.6) is 5.75 Å². The summed E-state index contributed by atoms with van der Waals surface area (Å²) in [6.45, 7) is 4.06. The van der Waals surface area contributed by atoms with E-state index in [1.165, 1.54) is 12.8 Å². The van der Waals surface area contributed by atoms with Crippen LogP contribution in [0.15, 0.2) is 53.4 Å². The van der Waals surface area contributed by atoms with E-state index in [-0.39, 0.29) is 16.8 Å². The van der Waals surface area contributed by atoms with E-state index in [2.05, 4.69) is 17.0 Å². The van der Waals surface area contributed by atoms with Crippen molar-refractivity contribution in [2.75, 3.05) is 39.8 Å². The van der Waals surface area contributed by atoms with Crippen molar-refractivity contribution < 1.29 is 17.9 Å². The number of amides is 1. The predicted octanol–water partition coefficient (Wildman–Crippen LogP) is 3.07. The number of likely N-dealkylation sites (N-methyl/N-ethyl adjacent to an activating group) is 1. The van der Waals surface area contributed by atoms with Crippen molar-refractivity contribution in [2.24, 2.45) is 0 Å². The zero-order valence-electron chi connectivity index (χ0n) is 19.7. The number of rotatable bonds is 7. The first kappa shape index (κ1) is 23.3. The highest BCUT2D eigenvalue weighted by Gasteiger charge is 2.36. The Morgan fingerprint density at radius 3 is 2.41 bits per heavy atom. The molecule has 1 amide bonds. The Morgan fingerprint density at radius 1 is 1.03 bits per heavy atom. The summed E-state index contributed by atoms with van der Waals surface area (Å²) in [4.78, 5) is 18.1. The van der Waals surface area contributed by atoms with Crippen molar-refractivity contribution in [3.8, 4) is 5.75 Å². The summed E-state index contributed by atoms with van der Waals surface area (Å²) >= 11 is 0. The largest absolute Gasteiger partial charge is 0.480 e. The molecule has 34 heavy (non-hydrogen) atoms. The van der Waals surface area contributed by atoms with Gasteiger partial charge in [0.25, 0.3) is 5.91 Å². The second-order valence-corrected chi connectivity index (χ2v) is 11.5. The fourth-order valence-electron chi connectivity index (χ4n) is 5.32. The van der Waals surface area contributed by atoms with Gasteiger partial charge in [-0.1, -0.05) is 30.3 Å². The molecule has 2 aromatic carbocycles. The number of ether oxygens (including phenoxy) is 1. The van der Waals surface area contributed by atoms with Gasteiger partial charge >= 0.3 is 0 Å². The van der Waals surface area contributed by atoms with Crippen molar-refractivity contribution in [1.29, 1.82) is 0 Å². The van der Waals surface area contributed by atoms with Crippen molar-refractivity contribution in [3.63, 3.8) is 0 Å². The van der Waals surface area contributed by atoms with Gasteiger partial charge in [-0.25, -0.2) is 8.42 Å². The Balaban J connectivity index is 1.33. The number of benzene rings is 2. The monoisotopic (exact) mass is 483 g/mol. The molecule has 0 aromatic heterocycles. The fourth-order valence-corrected chi connectivity index (χ4v) is 6.89. The number of hydrogen-bond acceptors (Lipinski definition) is 5. The van der Waals surface area contributed by atoms with E-state index in [1.54, 1.807) is 22.5 Å². The van der Waals surface area contributed by atoms with Crippen LogP contribution in [0.3, 0.4) is 0 Å². The molecule has 0 N–H and O–H groups in total. The Hall–Kier alpha value is -2.42. The lowest BCUT2D eigenvalue weighted by Crippen LogP contribution is -2.44. The second kappa shape index (κ2) is 9.68. The smallest absolute Gasteiger partial charge is 0.264 e.